The molecule has 1 saturated heterocycles. The van der Waals surface area contributed by atoms with E-state index < -0.39 is 11.0 Å². The molecule has 2 aliphatic heterocycles. The molecule has 2 aromatic carbocycles. The lowest BCUT2D eigenvalue weighted by Crippen LogP contribution is -2.54. The van der Waals surface area contributed by atoms with Gasteiger partial charge in [0, 0.05) is 12.2 Å². The summed E-state index contributed by atoms with van der Waals surface area (Å²) in [4.78, 5) is 28.7. The summed E-state index contributed by atoms with van der Waals surface area (Å²) < 4.78 is 0. The van der Waals surface area contributed by atoms with E-state index in [9.17, 15) is 14.7 Å². The maximum Gasteiger partial charge on any atom is 0.254 e. The van der Waals surface area contributed by atoms with Crippen LogP contribution in [0, 0.1) is 0 Å². The normalized spacial score (nSPS) is 26.8. The Balaban J connectivity index is 1.52. The molecule has 1 spiro atoms. The first-order chi connectivity index (χ1) is 14.5. The summed E-state index contributed by atoms with van der Waals surface area (Å²) in [5.74, 6) is -0.206. The van der Waals surface area contributed by atoms with Gasteiger partial charge < -0.3 is 15.3 Å². The minimum Gasteiger partial charge on any atom is -0.380 e. The number of carbonyl (C=O) groups is 2. The van der Waals surface area contributed by atoms with Crippen LogP contribution in [0.15, 0.2) is 54.6 Å². The monoisotopic (exact) mass is 404 g/mol. The van der Waals surface area contributed by atoms with Crippen molar-refractivity contribution in [2.45, 2.75) is 62.0 Å². The fourth-order valence-corrected chi connectivity index (χ4v) is 5.84. The number of benzene rings is 2. The van der Waals surface area contributed by atoms with Gasteiger partial charge in [0.2, 0.25) is 5.91 Å². The highest BCUT2D eigenvalue weighted by Crippen LogP contribution is 2.50. The first-order valence-corrected chi connectivity index (χ1v) is 11.0. The average Bonchev–Trinajstić information content (AvgIpc) is 3.45. The van der Waals surface area contributed by atoms with Crippen LogP contribution in [0.4, 0.5) is 5.69 Å². The zero-order valence-electron chi connectivity index (χ0n) is 17.1. The van der Waals surface area contributed by atoms with Gasteiger partial charge in [-0.15, -0.1) is 0 Å². The molecule has 2 aromatic rings. The molecule has 0 bridgehead atoms. The number of para-hydroxylation sites is 1. The maximum absolute atomic E-state index is 13.5. The summed E-state index contributed by atoms with van der Waals surface area (Å²) in [5, 5.41) is 14.1. The van der Waals surface area contributed by atoms with Crippen LogP contribution in [0.3, 0.4) is 0 Å². The average molecular weight is 405 g/mol. The molecule has 2 atom stereocenters. The minimum absolute atomic E-state index is 0.0181. The molecule has 0 radical (unpaired) electrons. The molecule has 5 rings (SSSR count). The quantitative estimate of drug-likeness (QED) is 0.820. The van der Waals surface area contributed by atoms with Crippen LogP contribution in [0.25, 0.3) is 0 Å². The van der Waals surface area contributed by atoms with Crippen molar-refractivity contribution in [2.75, 3.05) is 11.9 Å². The summed E-state index contributed by atoms with van der Waals surface area (Å²) in [6.45, 7) is 0.502. The highest BCUT2D eigenvalue weighted by Gasteiger charge is 2.60. The molecule has 1 aliphatic carbocycles. The topological polar surface area (TPSA) is 69.6 Å². The SMILES string of the molecule is O=C(N1CC[C@]2(C(=O)Nc3ccccc32)[C@@H]1CCc1ccccc1)C1(O)CCCC1. The summed E-state index contributed by atoms with van der Waals surface area (Å²) in [7, 11) is 0. The van der Waals surface area contributed by atoms with E-state index >= 15 is 0 Å². The van der Waals surface area contributed by atoms with Crippen LogP contribution < -0.4 is 5.32 Å². The van der Waals surface area contributed by atoms with Crippen LogP contribution in [0.5, 0.6) is 0 Å². The number of rotatable bonds is 4. The Morgan fingerprint density at radius 2 is 1.73 bits per heavy atom. The van der Waals surface area contributed by atoms with Crippen LogP contribution in [0.1, 0.15) is 49.7 Å². The van der Waals surface area contributed by atoms with Gasteiger partial charge in [-0.1, -0.05) is 48.5 Å². The second kappa shape index (κ2) is 7.24. The Hall–Kier alpha value is -2.66. The van der Waals surface area contributed by atoms with Crippen molar-refractivity contribution in [1.82, 2.24) is 4.90 Å². The summed E-state index contributed by atoms with van der Waals surface area (Å²) in [6, 6.07) is 17.8. The first kappa shape index (κ1) is 19.3. The van der Waals surface area contributed by atoms with E-state index in [1.54, 1.807) is 0 Å². The van der Waals surface area contributed by atoms with Crippen molar-refractivity contribution in [3.05, 3.63) is 65.7 Å². The van der Waals surface area contributed by atoms with Crippen molar-refractivity contribution in [1.29, 1.82) is 0 Å². The van der Waals surface area contributed by atoms with Gasteiger partial charge in [-0.2, -0.15) is 0 Å². The van der Waals surface area contributed by atoms with Gasteiger partial charge in [0.15, 0.2) is 0 Å². The molecule has 0 aromatic heterocycles. The number of aryl methyl sites for hydroxylation is 1. The number of carbonyl (C=O) groups excluding carboxylic acids is 2. The van der Waals surface area contributed by atoms with Gasteiger partial charge in [0.05, 0.1) is 11.5 Å². The lowest BCUT2D eigenvalue weighted by molar-refractivity contribution is -0.152. The second-order valence-corrected chi connectivity index (χ2v) is 9.00. The van der Waals surface area contributed by atoms with E-state index in [1.165, 1.54) is 5.56 Å². The van der Waals surface area contributed by atoms with Gasteiger partial charge >= 0.3 is 0 Å². The number of nitrogens with one attached hydrogen (secondary N) is 1. The molecular formula is C25H28N2O3. The lowest BCUT2D eigenvalue weighted by atomic mass is 9.73. The van der Waals surface area contributed by atoms with E-state index in [2.05, 4.69) is 17.4 Å². The van der Waals surface area contributed by atoms with Gasteiger partial charge in [0.1, 0.15) is 5.60 Å². The lowest BCUT2D eigenvalue weighted by Gasteiger charge is -2.37. The number of nitrogens with zero attached hydrogens (tertiary/aromatic N) is 1. The number of likely N-dealkylation sites (tertiary alicyclic amines) is 1. The third-order valence-corrected chi connectivity index (χ3v) is 7.39. The van der Waals surface area contributed by atoms with Gasteiger partial charge in [0.25, 0.3) is 5.91 Å². The second-order valence-electron chi connectivity index (χ2n) is 9.00. The van der Waals surface area contributed by atoms with Crippen LogP contribution in [0.2, 0.25) is 0 Å². The fraction of sp³-hybridized carbons (Fsp3) is 0.440. The molecule has 156 valence electrons. The van der Waals surface area contributed by atoms with Crippen molar-refractivity contribution >= 4 is 17.5 Å². The molecule has 5 nitrogen and oxygen atoms in total. The van der Waals surface area contributed by atoms with Gasteiger partial charge in [-0.25, -0.2) is 0 Å². The van der Waals surface area contributed by atoms with Crippen LogP contribution in [-0.2, 0) is 21.4 Å². The molecule has 1 saturated carbocycles. The van der Waals surface area contributed by atoms with Crippen LogP contribution >= 0.6 is 0 Å². The zero-order valence-corrected chi connectivity index (χ0v) is 17.1. The number of fused-ring (bicyclic) bond motifs is 2. The highest BCUT2D eigenvalue weighted by atomic mass is 16.3. The van der Waals surface area contributed by atoms with Crippen molar-refractivity contribution in [3.63, 3.8) is 0 Å². The van der Waals surface area contributed by atoms with E-state index in [4.69, 9.17) is 0 Å². The molecular weight excluding hydrogens is 376 g/mol. The standard InChI is InChI=1S/C25H28N2O3/c28-22-25(19-10-4-5-11-20(19)26-22)16-17-27(23(29)24(30)14-6-7-15-24)21(25)13-12-18-8-2-1-3-9-18/h1-5,8-11,21,30H,6-7,12-17H2,(H,26,28)/t21-,25+/m0/s1. The molecule has 30 heavy (non-hydrogen) atoms. The van der Waals surface area contributed by atoms with Gasteiger partial charge in [-0.05, 0) is 62.1 Å². The first-order valence-electron chi connectivity index (χ1n) is 11.0. The molecule has 5 heteroatoms. The third kappa shape index (κ3) is 2.87. The minimum atomic E-state index is -1.27. The molecule has 3 aliphatic rings. The summed E-state index contributed by atoms with van der Waals surface area (Å²) in [6.07, 6.45) is 4.85. The number of anilines is 1. The van der Waals surface area contributed by atoms with Gasteiger partial charge in [-0.3, -0.25) is 9.59 Å². The Morgan fingerprint density at radius 1 is 1.03 bits per heavy atom. The number of amides is 2. The van der Waals surface area contributed by atoms with Crippen LogP contribution in [-0.4, -0.2) is 40.0 Å². The van der Waals surface area contributed by atoms with E-state index in [0.717, 1.165) is 30.5 Å². The Kier molecular flexibility index (Phi) is 4.66. The molecule has 2 amide bonds. The predicted octanol–water partition coefficient (Wildman–Crippen LogP) is 3.42. The van der Waals surface area contributed by atoms with E-state index in [0.29, 0.717) is 32.2 Å². The Bertz CT molecular complexity index is 967. The van der Waals surface area contributed by atoms with Crippen molar-refractivity contribution in [2.24, 2.45) is 0 Å². The largest absolute Gasteiger partial charge is 0.380 e. The molecule has 0 unspecified atom stereocenters. The smallest absolute Gasteiger partial charge is 0.254 e. The maximum atomic E-state index is 13.5. The van der Waals surface area contributed by atoms with Crippen molar-refractivity contribution in [3.8, 4) is 0 Å². The van der Waals surface area contributed by atoms with E-state index in [1.807, 2.05) is 47.4 Å². The molecule has 2 heterocycles. The Morgan fingerprint density at radius 3 is 2.50 bits per heavy atom. The number of hydrogen-bond donors (Lipinski definition) is 2. The number of hydrogen-bond acceptors (Lipinski definition) is 3. The fourth-order valence-electron chi connectivity index (χ4n) is 5.84. The summed E-state index contributed by atoms with van der Waals surface area (Å²) in [5.41, 5.74) is 1.02. The van der Waals surface area contributed by atoms with E-state index in [-0.39, 0.29) is 17.9 Å². The number of aliphatic hydroxyl groups is 1. The molecule has 2 fully saturated rings. The molecule has 2 N–H and O–H groups in total. The predicted molar refractivity (Wildman–Crippen MR) is 115 cm³/mol. The Labute approximate surface area is 177 Å². The third-order valence-electron chi connectivity index (χ3n) is 7.39. The summed E-state index contributed by atoms with van der Waals surface area (Å²) >= 11 is 0. The zero-order chi connectivity index (χ0) is 20.8. The van der Waals surface area contributed by atoms with Crippen molar-refractivity contribution < 1.29 is 14.7 Å². The highest BCUT2D eigenvalue weighted by molar-refractivity contribution is 6.07.